The van der Waals surface area contributed by atoms with Gasteiger partial charge in [-0.2, -0.15) is 13.2 Å². The molecule has 39 heavy (non-hydrogen) atoms. The molecule has 0 aliphatic heterocycles. The normalized spacial score (nSPS) is 12.5. The van der Waals surface area contributed by atoms with Crippen molar-refractivity contribution in [2.24, 2.45) is 0 Å². The van der Waals surface area contributed by atoms with Gasteiger partial charge in [-0.3, -0.25) is 4.79 Å². The molecule has 2 aromatic carbocycles. The molecule has 0 saturated heterocycles. The van der Waals surface area contributed by atoms with Crippen LogP contribution in [0.1, 0.15) is 61.6 Å². The number of amides is 2. The summed E-state index contributed by atoms with van der Waals surface area (Å²) in [5.74, 6) is -0.930. The van der Waals surface area contributed by atoms with Gasteiger partial charge in [0.15, 0.2) is 0 Å². The standard InChI is InChI=1S/C29H31ClF3N3O3/c1-17-7-6-8-20(13-17)25-22(11-12-24(36-25)29(31,32)33)16-34-26(37)18(2)19-9-10-21(23(30)14-19)15-35-27(38)39-28(3,4)5/h6-14,18H,15-16H2,1-5H3,(H,34,37)(H,35,38). The van der Waals surface area contributed by atoms with Crippen LogP contribution in [0.4, 0.5) is 18.0 Å². The lowest BCUT2D eigenvalue weighted by molar-refractivity contribution is -0.141. The molecule has 0 radical (unpaired) electrons. The van der Waals surface area contributed by atoms with E-state index in [-0.39, 0.29) is 24.7 Å². The van der Waals surface area contributed by atoms with Crippen molar-refractivity contribution in [2.75, 3.05) is 0 Å². The predicted molar refractivity (Wildman–Crippen MR) is 144 cm³/mol. The van der Waals surface area contributed by atoms with Crippen LogP contribution in [0.3, 0.4) is 0 Å². The largest absolute Gasteiger partial charge is 0.444 e. The van der Waals surface area contributed by atoms with E-state index in [0.29, 0.717) is 27.3 Å². The second kappa shape index (κ2) is 12.1. The average molecular weight is 562 g/mol. The molecule has 208 valence electrons. The second-order valence-electron chi connectivity index (χ2n) is 10.2. The second-order valence-corrected chi connectivity index (χ2v) is 10.6. The van der Waals surface area contributed by atoms with E-state index in [4.69, 9.17) is 16.3 Å². The first kappa shape index (κ1) is 30.0. The molecule has 2 amide bonds. The van der Waals surface area contributed by atoms with E-state index in [0.717, 1.165) is 11.6 Å². The Labute approximate surface area is 230 Å². The predicted octanol–water partition coefficient (Wildman–Crippen LogP) is 7.17. The average Bonchev–Trinajstić information content (AvgIpc) is 2.84. The van der Waals surface area contributed by atoms with Crippen molar-refractivity contribution in [2.45, 2.75) is 65.4 Å². The highest BCUT2D eigenvalue weighted by molar-refractivity contribution is 6.31. The topological polar surface area (TPSA) is 80.3 Å². The number of alkyl halides is 3. The number of nitrogens with one attached hydrogen (secondary N) is 2. The first-order chi connectivity index (χ1) is 18.1. The van der Waals surface area contributed by atoms with Crippen molar-refractivity contribution < 1.29 is 27.5 Å². The molecule has 1 unspecified atom stereocenters. The minimum absolute atomic E-state index is 0.0107. The summed E-state index contributed by atoms with van der Waals surface area (Å²) in [6.45, 7) is 8.96. The summed E-state index contributed by atoms with van der Waals surface area (Å²) >= 11 is 6.40. The van der Waals surface area contributed by atoms with Gasteiger partial charge < -0.3 is 15.4 Å². The van der Waals surface area contributed by atoms with Gasteiger partial charge in [0.2, 0.25) is 5.91 Å². The van der Waals surface area contributed by atoms with E-state index in [1.54, 1.807) is 64.1 Å². The number of carbonyl (C=O) groups excluding carboxylic acids is 2. The molecular weight excluding hydrogens is 531 g/mol. The summed E-state index contributed by atoms with van der Waals surface area (Å²) in [5.41, 5.74) is 1.68. The number of carbonyl (C=O) groups is 2. The van der Waals surface area contributed by atoms with Crippen LogP contribution in [0, 0.1) is 6.92 Å². The van der Waals surface area contributed by atoms with Crippen molar-refractivity contribution in [3.63, 3.8) is 0 Å². The molecule has 3 aromatic rings. The van der Waals surface area contributed by atoms with E-state index in [1.165, 1.54) is 6.07 Å². The summed E-state index contributed by atoms with van der Waals surface area (Å²) < 4.78 is 45.3. The van der Waals surface area contributed by atoms with Crippen LogP contribution < -0.4 is 10.6 Å². The van der Waals surface area contributed by atoms with Gasteiger partial charge in [0, 0.05) is 23.7 Å². The number of hydrogen-bond donors (Lipinski definition) is 2. The fraction of sp³-hybridized carbons (Fsp3) is 0.345. The molecule has 0 saturated carbocycles. The minimum Gasteiger partial charge on any atom is -0.444 e. The van der Waals surface area contributed by atoms with E-state index in [1.807, 2.05) is 13.0 Å². The highest BCUT2D eigenvalue weighted by Gasteiger charge is 2.33. The molecule has 3 rings (SSSR count). The molecule has 1 atom stereocenters. The lowest BCUT2D eigenvalue weighted by Crippen LogP contribution is -2.32. The SMILES string of the molecule is Cc1cccc(-c2nc(C(F)(F)F)ccc2CNC(=O)C(C)c2ccc(CNC(=O)OC(C)(C)C)c(Cl)c2)c1. The van der Waals surface area contributed by atoms with Gasteiger partial charge >= 0.3 is 12.3 Å². The highest BCUT2D eigenvalue weighted by atomic mass is 35.5. The maximum Gasteiger partial charge on any atom is 0.433 e. The number of halogens is 4. The van der Waals surface area contributed by atoms with Gasteiger partial charge in [-0.15, -0.1) is 0 Å². The fourth-order valence-electron chi connectivity index (χ4n) is 3.78. The number of benzene rings is 2. The third-order valence-corrected chi connectivity index (χ3v) is 6.16. The van der Waals surface area contributed by atoms with Crippen molar-refractivity contribution in [3.05, 3.63) is 87.6 Å². The van der Waals surface area contributed by atoms with Crippen LogP contribution >= 0.6 is 11.6 Å². The first-order valence-corrected chi connectivity index (χ1v) is 12.7. The van der Waals surface area contributed by atoms with E-state index in [9.17, 15) is 22.8 Å². The Morgan fingerprint density at radius 3 is 2.26 bits per heavy atom. The van der Waals surface area contributed by atoms with Crippen LogP contribution in [0.15, 0.2) is 54.6 Å². The minimum atomic E-state index is -4.59. The van der Waals surface area contributed by atoms with Crippen LogP contribution in [-0.2, 0) is 28.8 Å². The summed E-state index contributed by atoms with van der Waals surface area (Å²) in [5, 5.41) is 5.81. The van der Waals surface area contributed by atoms with Crippen molar-refractivity contribution >= 4 is 23.6 Å². The molecule has 0 bridgehead atoms. The van der Waals surface area contributed by atoms with Gasteiger partial charge in [-0.25, -0.2) is 9.78 Å². The Kier molecular flexibility index (Phi) is 9.27. The summed E-state index contributed by atoms with van der Waals surface area (Å²) in [4.78, 5) is 28.7. The molecule has 6 nitrogen and oxygen atoms in total. The fourth-order valence-corrected chi connectivity index (χ4v) is 4.03. The molecule has 0 aliphatic carbocycles. The van der Waals surface area contributed by atoms with E-state index >= 15 is 0 Å². The van der Waals surface area contributed by atoms with Gasteiger partial charge in [0.05, 0.1) is 11.6 Å². The molecule has 0 aliphatic rings. The molecule has 1 heterocycles. The third-order valence-electron chi connectivity index (χ3n) is 5.81. The Hall–Kier alpha value is -3.59. The smallest absolute Gasteiger partial charge is 0.433 e. The van der Waals surface area contributed by atoms with Crippen LogP contribution in [0.25, 0.3) is 11.3 Å². The number of alkyl carbamates (subject to hydrolysis) is 1. The molecule has 2 N–H and O–H groups in total. The Balaban J connectivity index is 1.72. The molecule has 0 spiro atoms. The van der Waals surface area contributed by atoms with E-state index in [2.05, 4.69) is 15.6 Å². The first-order valence-electron chi connectivity index (χ1n) is 12.3. The summed E-state index contributed by atoms with van der Waals surface area (Å²) in [6, 6.07) is 14.4. The zero-order chi connectivity index (χ0) is 29.0. The number of aromatic nitrogens is 1. The zero-order valence-electron chi connectivity index (χ0n) is 22.4. The van der Waals surface area contributed by atoms with Crippen LogP contribution in [0.2, 0.25) is 5.02 Å². The molecule has 10 heteroatoms. The summed E-state index contributed by atoms with van der Waals surface area (Å²) in [7, 11) is 0. The van der Waals surface area contributed by atoms with Crippen molar-refractivity contribution in [1.82, 2.24) is 15.6 Å². The number of pyridine rings is 1. The molecular formula is C29H31ClF3N3O3. The van der Waals surface area contributed by atoms with Crippen molar-refractivity contribution in [1.29, 1.82) is 0 Å². The van der Waals surface area contributed by atoms with E-state index < -0.39 is 29.5 Å². The van der Waals surface area contributed by atoms with Gasteiger partial charge in [0.1, 0.15) is 11.3 Å². The lowest BCUT2D eigenvalue weighted by atomic mass is 9.98. The quantitative estimate of drug-likeness (QED) is 0.320. The zero-order valence-corrected chi connectivity index (χ0v) is 23.1. The number of aryl methyl sites for hydroxylation is 1. The Morgan fingerprint density at radius 2 is 1.64 bits per heavy atom. The molecule has 0 fully saturated rings. The molecule has 1 aromatic heterocycles. The number of nitrogens with zero attached hydrogens (tertiary/aromatic N) is 1. The highest BCUT2D eigenvalue weighted by Crippen LogP contribution is 2.32. The maximum atomic E-state index is 13.3. The van der Waals surface area contributed by atoms with Gasteiger partial charge in [0.25, 0.3) is 0 Å². The lowest BCUT2D eigenvalue weighted by Gasteiger charge is -2.20. The maximum absolute atomic E-state index is 13.3. The third kappa shape index (κ3) is 8.45. The Morgan fingerprint density at radius 1 is 0.974 bits per heavy atom. The monoisotopic (exact) mass is 561 g/mol. The number of rotatable bonds is 7. The van der Waals surface area contributed by atoms with Crippen molar-refractivity contribution in [3.8, 4) is 11.3 Å². The van der Waals surface area contributed by atoms with Crippen LogP contribution in [0.5, 0.6) is 0 Å². The van der Waals surface area contributed by atoms with Crippen LogP contribution in [-0.4, -0.2) is 22.6 Å². The van der Waals surface area contributed by atoms with Gasteiger partial charge in [-0.1, -0.05) is 53.6 Å². The summed E-state index contributed by atoms with van der Waals surface area (Å²) in [6.07, 6.45) is -5.17. The number of hydrogen-bond acceptors (Lipinski definition) is 4. The Bertz CT molecular complexity index is 1350. The van der Waals surface area contributed by atoms with Gasteiger partial charge in [-0.05, 0) is 69.5 Å². The number of ether oxygens (including phenoxy) is 1.